The lowest BCUT2D eigenvalue weighted by molar-refractivity contribution is -0.385. The van der Waals surface area contributed by atoms with Crippen LogP contribution in [0.15, 0.2) is 24.3 Å². The summed E-state index contributed by atoms with van der Waals surface area (Å²) in [5, 5.41) is 10.8. The standard InChI is InChI=1S/C11H14N2O4/c1-2-17-11(14)7-9(12)8-5-3-4-6-10(8)13(15)16/h3-6,9H,2,7,12H2,1H3/t9-/m0/s1. The molecule has 0 spiro atoms. The Hall–Kier alpha value is -1.95. The molecule has 0 saturated carbocycles. The first-order chi connectivity index (χ1) is 8.06. The highest BCUT2D eigenvalue weighted by molar-refractivity contribution is 5.70. The zero-order valence-corrected chi connectivity index (χ0v) is 9.46. The van der Waals surface area contributed by atoms with Gasteiger partial charge >= 0.3 is 5.97 Å². The lowest BCUT2D eigenvalue weighted by Gasteiger charge is -2.11. The Morgan fingerprint density at radius 3 is 2.76 bits per heavy atom. The molecule has 0 unspecified atom stereocenters. The van der Waals surface area contributed by atoms with Gasteiger partial charge in [0.25, 0.3) is 5.69 Å². The Morgan fingerprint density at radius 2 is 2.18 bits per heavy atom. The summed E-state index contributed by atoms with van der Waals surface area (Å²) in [6, 6.07) is 5.38. The molecule has 0 radical (unpaired) electrons. The van der Waals surface area contributed by atoms with Gasteiger partial charge < -0.3 is 10.5 Å². The van der Waals surface area contributed by atoms with E-state index >= 15 is 0 Å². The minimum absolute atomic E-state index is 0.0707. The number of esters is 1. The quantitative estimate of drug-likeness (QED) is 0.477. The molecule has 92 valence electrons. The molecule has 6 heteroatoms. The smallest absolute Gasteiger partial charge is 0.307 e. The third-order valence-corrected chi connectivity index (χ3v) is 2.22. The molecule has 0 aliphatic rings. The molecule has 0 fully saturated rings. The van der Waals surface area contributed by atoms with Gasteiger partial charge in [0, 0.05) is 17.7 Å². The summed E-state index contributed by atoms with van der Waals surface area (Å²) in [4.78, 5) is 21.5. The maximum Gasteiger partial charge on any atom is 0.307 e. The Labute approximate surface area is 98.5 Å². The van der Waals surface area contributed by atoms with Crippen molar-refractivity contribution in [1.29, 1.82) is 0 Å². The summed E-state index contributed by atoms with van der Waals surface area (Å²) in [7, 11) is 0. The lowest BCUT2D eigenvalue weighted by atomic mass is 10.0. The van der Waals surface area contributed by atoms with Crippen molar-refractivity contribution in [2.75, 3.05) is 6.61 Å². The molecule has 0 bridgehead atoms. The SMILES string of the molecule is CCOC(=O)C[C@H](N)c1ccccc1[N+](=O)[O-]. The number of carbonyl (C=O) groups excluding carboxylic acids is 1. The first-order valence-electron chi connectivity index (χ1n) is 5.20. The highest BCUT2D eigenvalue weighted by atomic mass is 16.6. The number of para-hydroxylation sites is 1. The molecule has 0 saturated heterocycles. The van der Waals surface area contributed by atoms with Crippen molar-refractivity contribution in [2.45, 2.75) is 19.4 Å². The van der Waals surface area contributed by atoms with Gasteiger partial charge in [-0.2, -0.15) is 0 Å². The Balaban J connectivity index is 2.85. The topological polar surface area (TPSA) is 95.5 Å². The van der Waals surface area contributed by atoms with Gasteiger partial charge in [-0.05, 0) is 6.92 Å². The van der Waals surface area contributed by atoms with Crippen LogP contribution in [0.2, 0.25) is 0 Å². The summed E-state index contributed by atoms with van der Waals surface area (Å²) < 4.78 is 4.75. The average molecular weight is 238 g/mol. The summed E-state index contributed by atoms with van der Waals surface area (Å²) in [5.41, 5.74) is 6.02. The van der Waals surface area contributed by atoms with Crippen molar-refractivity contribution in [3.8, 4) is 0 Å². The number of hydrogen-bond acceptors (Lipinski definition) is 5. The zero-order valence-electron chi connectivity index (χ0n) is 9.46. The van der Waals surface area contributed by atoms with E-state index in [1.54, 1.807) is 25.1 Å². The number of nitro benzene ring substituents is 1. The predicted octanol–water partition coefficient (Wildman–Crippen LogP) is 1.55. The van der Waals surface area contributed by atoms with E-state index in [1.165, 1.54) is 6.07 Å². The second-order valence-corrected chi connectivity index (χ2v) is 3.43. The molecule has 1 rings (SSSR count). The molecule has 2 N–H and O–H groups in total. The second-order valence-electron chi connectivity index (χ2n) is 3.43. The molecule has 6 nitrogen and oxygen atoms in total. The summed E-state index contributed by atoms with van der Waals surface area (Å²) in [6.45, 7) is 1.96. The Kier molecular flexibility index (Phi) is 4.59. The van der Waals surface area contributed by atoms with E-state index in [0.717, 1.165) is 0 Å². The lowest BCUT2D eigenvalue weighted by Crippen LogP contribution is -2.18. The molecular weight excluding hydrogens is 224 g/mol. The number of nitrogens with two attached hydrogens (primary N) is 1. The molecule has 1 atom stereocenters. The minimum atomic E-state index is -0.726. The van der Waals surface area contributed by atoms with Crippen LogP contribution in [0.25, 0.3) is 0 Å². The van der Waals surface area contributed by atoms with Gasteiger partial charge in [-0.3, -0.25) is 14.9 Å². The Morgan fingerprint density at radius 1 is 1.53 bits per heavy atom. The predicted molar refractivity (Wildman–Crippen MR) is 61.3 cm³/mol. The largest absolute Gasteiger partial charge is 0.466 e. The van der Waals surface area contributed by atoms with Crippen molar-refractivity contribution in [3.05, 3.63) is 39.9 Å². The van der Waals surface area contributed by atoms with Crippen LogP contribution in [0.4, 0.5) is 5.69 Å². The number of benzene rings is 1. The van der Waals surface area contributed by atoms with Gasteiger partial charge in [0.2, 0.25) is 0 Å². The van der Waals surface area contributed by atoms with Gasteiger partial charge in [0.1, 0.15) is 0 Å². The maximum atomic E-state index is 11.2. The molecule has 17 heavy (non-hydrogen) atoms. The normalized spacial score (nSPS) is 11.9. The van der Waals surface area contributed by atoms with E-state index in [4.69, 9.17) is 10.5 Å². The molecule has 1 aromatic carbocycles. The molecule has 0 amide bonds. The highest BCUT2D eigenvalue weighted by Gasteiger charge is 2.21. The highest BCUT2D eigenvalue weighted by Crippen LogP contribution is 2.25. The van der Waals surface area contributed by atoms with Crippen LogP contribution in [0.1, 0.15) is 24.9 Å². The Bertz CT molecular complexity index is 420. The molecular formula is C11H14N2O4. The van der Waals surface area contributed by atoms with Crippen LogP contribution in [-0.4, -0.2) is 17.5 Å². The van der Waals surface area contributed by atoms with Gasteiger partial charge in [-0.15, -0.1) is 0 Å². The number of carbonyl (C=O) groups is 1. The van der Waals surface area contributed by atoms with Crippen molar-refractivity contribution in [2.24, 2.45) is 5.73 Å². The van der Waals surface area contributed by atoms with Crippen LogP contribution in [-0.2, 0) is 9.53 Å². The van der Waals surface area contributed by atoms with Crippen LogP contribution >= 0.6 is 0 Å². The zero-order chi connectivity index (χ0) is 12.8. The fourth-order valence-electron chi connectivity index (χ4n) is 1.48. The first-order valence-corrected chi connectivity index (χ1v) is 5.20. The fourth-order valence-corrected chi connectivity index (χ4v) is 1.48. The van der Waals surface area contributed by atoms with Crippen molar-refractivity contribution in [3.63, 3.8) is 0 Å². The van der Waals surface area contributed by atoms with E-state index < -0.39 is 16.9 Å². The number of rotatable bonds is 5. The minimum Gasteiger partial charge on any atom is -0.466 e. The van der Waals surface area contributed by atoms with E-state index in [-0.39, 0.29) is 18.7 Å². The number of ether oxygens (including phenoxy) is 1. The average Bonchev–Trinajstić information content (AvgIpc) is 2.29. The van der Waals surface area contributed by atoms with Gasteiger partial charge in [-0.25, -0.2) is 0 Å². The summed E-state index contributed by atoms with van der Waals surface area (Å²) >= 11 is 0. The molecule has 0 aliphatic carbocycles. The summed E-state index contributed by atoms with van der Waals surface area (Å²) in [5.74, 6) is -0.460. The van der Waals surface area contributed by atoms with Gasteiger partial charge in [-0.1, -0.05) is 18.2 Å². The molecule has 0 aliphatic heterocycles. The van der Waals surface area contributed by atoms with E-state index in [0.29, 0.717) is 5.56 Å². The fraction of sp³-hybridized carbons (Fsp3) is 0.364. The number of nitro groups is 1. The maximum absolute atomic E-state index is 11.2. The van der Waals surface area contributed by atoms with Crippen molar-refractivity contribution >= 4 is 11.7 Å². The second kappa shape index (κ2) is 5.95. The number of nitrogens with zero attached hydrogens (tertiary/aromatic N) is 1. The van der Waals surface area contributed by atoms with Crippen molar-refractivity contribution in [1.82, 2.24) is 0 Å². The molecule has 1 aromatic rings. The van der Waals surface area contributed by atoms with Gasteiger partial charge in [0.05, 0.1) is 18.0 Å². The van der Waals surface area contributed by atoms with E-state index in [1.807, 2.05) is 0 Å². The van der Waals surface area contributed by atoms with Crippen LogP contribution in [0.5, 0.6) is 0 Å². The van der Waals surface area contributed by atoms with Crippen LogP contribution in [0, 0.1) is 10.1 Å². The van der Waals surface area contributed by atoms with Gasteiger partial charge in [0.15, 0.2) is 0 Å². The monoisotopic (exact) mass is 238 g/mol. The first kappa shape index (κ1) is 13.1. The van der Waals surface area contributed by atoms with Crippen LogP contribution < -0.4 is 5.73 Å². The third kappa shape index (κ3) is 3.53. The van der Waals surface area contributed by atoms with Crippen molar-refractivity contribution < 1.29 is 14.5 Å². The van der Waals surface area contributed by atoms with Crippen LogP contribution in [0.3, 0.4) is 0 Å². The van der Waals surface area contributed by atoms with E-state index in [9.17, 15) is 14.9 Å². The summed E-state index contributed by atoms with van der Waals surface area (Å²) in [6.07, 6.45) is -0.0707. The number of hydrogen-bond donors (Lipinski definition) is 1. The molecule has 0 heterocycles. The van der Waals surface area contributed by atoms with E-state index in [2.05, 4.69) is 0 Å². The molecule has 0 aromatic heterocycles. The third-order valence-electron chi connectivity index (χ3n) is 2.22.